The molecule has 2 aliphatic rings. The van der Waals surface area contributed by atoms with Crippen LogP contribution >= 0.6 is 0 Å². The Kier molecular flexibility index (Phi) is 51.7. The van der Waals surface area contributed by atoms with Crippen LogP contribution in [0.2, 0.25) is 0 Å². The first-order valence-corrected chi connectivity index (χ1v) is 48.8. The summed E-state index contributed by atoms with van der Waals surface area (Å²) in [5.74, 6) is -8.56. The summed E-state index contributed by atoms with van der Waals surface area (Å²) >= 11 is 0. The van der Waals surface area contributed by atoms with E-state index in [2.05, 4.69) is 63.5 Å². The maximum atomic E-state index is 15.6. The molecule has 14 N–H and O–H groups in total. The minimum absolute atomic E-state index is 0.00757. The van der Waals surface area contributed by atoms with Gasteiger partial charge in [0, 0.05) is 61.5 Å². The third kappa shape index (κ3) is 46.3. The molecule has 0 spiro atoms. The molecule has 46 nitrogen and oxygen atoms in total. The Morgan fingerprint density at radius 1 is 0.493 bits per heavy atom. The van der Waals surface area contributed by atoms with Gasteiger partial charge >= 0.3 is 42.1 Å². The molecule has 1 aromatic carbocycles. The summed E-state index contributed by atoms with van der Waals surface area (Å²) in [4.78, 5) is 206. The number of carbonyl (C=O) groups excluding carboxylic acids is 14. The number of alkyl carbamates (subject to hydrolysis) is 1. The number of aryl methyl sites for hydroxylation is 1. The lowest BCUT2D eigenvalue weighted by Crippen LogP contribution is -2.55. The number of pyridine rings is 2. The van der Waals surface area contributed by atoms with Crippen LogP contribution in [0.4, 0.5) is 18.8 Å². The number of unbranched alkanes of at least 4 members (excludes halogenated alkanes) is 1. The average Bonchev–Trinajstić information content (AvgIpc) is 1.55. The number of guanidine groups is 1. The van der Waals surface area contributed by atoms with Gasteiger partial charge in [-0.3, -0.25) is 48.5 Å². The monoisotopic (exact) mass is 2040 g/mol. The number of carbonyl (C=O) groups is 14. The van der Waals surface area contributed by atoms with Gasteiger partial charge < -0.3 is 140 Å². The van der Waals surface area contributed by atoms with E-state index in [0.717, 1.165) is 11.1 Å². The fourth-order valence-electron chi connectivity index (χ4n) is 13.9. The highest BCUT2D eigenvalue weighted by molar-refractivity contribution is 5.99. The number of benzene rings is 1. The molecule has 144 heavy (non-hydrogen) atoms. The number of hydrogen-bond donors (Lipinski definition) is 13. The Morgan fingerprint density at radius 3 is 1.49 bits per heavy atom. The summed E-state index contributed by atoms with van der Waals surface area (Å²) in [6.07, 6.45) is -1.31. The number of nitrogens with two attached hydrogens (primary N) is 1. The summed E-state index contributed by atoms with van der Waals surface area (Å²) in [7, 11) is 0. The highest BCUT2D eigenvalue weighted by Gasteiger charge is 2.46. The van der Waals surface area contributed by atoms with E-state index in [1.54, 1.807) is 117 Å². The number of aromatic nitrogens is 2. The molecule has 11 amide bonds. The van der Waals surface area contributed by atoms with Gasteiger partial charge in [-0.15, -0.1) is 4.99 Å². The SMILES string of the molecule is CCc1c2c(nc3cc(F)c(OCCNC(=O)[C@H](C)NC(=O)[C@H](C)NC(=O)[C@H](C)NC(=O)[C@@H](N)CCCCNC(=O)CCOCCOCCOCCOCCOCCOCCOCCOCCNC(=O)[C@H](CCCN/C(=N/C(=O)OC(C)(C)C)NC(=O)OC(C)(C)C)NC(=O)CC[C@H](NC(=O)N[C@@H](CCC(=O)OC(C)(C)C)C(=O)OC(C)(C)C)C(=O)OC(C)(C)C)cc13)-c1cc3c(c(=O)n1C2)COC(=O)[C@]3(O)CC. The minimum atomic E-state index is -2.01. The van der Waals surface area contributed by atoms with Crippen LogP contribution in [0.1, 0.15) is 231 Å². The number of rotatable bonds is 61. The lowest BCUT2D eigenvalue weighted by molar-refractivity contribution is -0.172. The van der Waals surface area contributed by atoms with Crippen molar-refractivity contribution in [2.24, 2.45) is 10.7 Å². The molecule has 0 saturated carbocycles. The second-order valence-corrected chi connectivity index (χ2v) is 39.1. The van der Waals surface area contributed by atoms with Crippen molar-refractivity contribution in [2.75, 3.05) is 138 Å². The highest BCUT2D eigenvalue weighted by Crippen LogP contribution is 2.42. The Hall–Kier alpha value is -11.4. The highest BCUT2D eigenvalue weighted by atomic mass is 19.1. The molecule has 4 heterocycles. The predicted molar refractivity (Wildman–Crippen MR) is 522 cm³/mol. The summed E-state index contributed by atoms with van der Waals surface area (Å²) in [5, 5.41) is 40.5. The van der Waals surface area contributed by atoms with Gasteiger partial charge in [-0.2, -0.15) is 0 Å². The molecule has 2 aromatic heterocycles. The largest absolute Gasteiger partial charge is 0.489 e. The van der Waals surface area contributed by atoms with Crippen molar-refractivity contribution >= 4 is 100 Å². The smallest absolute Gasteiger partial charge is 0.437 e. The average molecular weight is 2050 g/mol. The number of nitrogens with one attached hydrogen (secondary N) is 11. The lowest BCUT2D eigenvalue weighted by atomic mass is 9.86. The van der Waals surface area contributed by atoms with Crippen molar-refractivity contribution in [3.8, 4) is 17.1 Å². The second-order valence-electron chi connectivity index (χ2n) is 39.1. The van der Waals surface area contributed by atoms with Crippen molar-refractivity contribution in [1.82, 2.24) is 68.0 Å². The van der Waals surface area contributed by atoms with E-state index in [-0.39, 0.29) is 178 Å². The van der Waals surface area contributed by atoms with Crippen LogP contribution in [-0.4, -0.2) is 313 Å². The topological polar surface area (TPSA) is 603 Å². The maximum Gasteiger partial charge on any atom is 0.437 e. The van der Waals surface area contributed by atoms with Crippen molar-refractivity contribution in [3.63, 3.8) is 0 Å². The van der Waals surface area contributed by atoms with E-state index in [1.807, 2.05) is 6.92 Å². The number of aliphatic imine (C=N–C) groups is 1. The van der Waals surface area contributed by atoms with Crippen LogP contribution in [0.25, 0.3) is 22.3 Å². The molecule has 810 valence electrons. The van der Waals surface area contributed by atoms with Gasteiger partial charge in [-0.25, -0.2) is 38.1 Å². The Labute approximate surface area is 839 Å². The predicted octanol–water partition coefficient (Wildman–Crippen LogP) is 4.34. The molecule has 47 heteroatoms. The van der Waals surface area contributed by atoms with E-state index < -0.39 is 171 Å². The molecule has 8 atom stereocenters. The first-order chi connectivity index (χ1) is 67.6. The van der Waals surface area contributed by atoms with Gasteiger partial charge in [0.25, 0.3) is 5.56 Å². The first-order valence-electron chi connectivity index (χ1n) is 48.8. The molecule has 5 rings (SSSR count). The summed E-state index contributed by atoms with van der Waals surface area (Å²) in [5.41, 5.74) is 1.95. The van der Waals surface area contributed by atoms with Gasteiger partial charge in [0.1, 0.15) is 77.5 Å². The molecule has 0 radical (unpaired) electrons. The normalized spacial score (nSPS) is 15.1. The molecule has 0 fully saturated rings. The quantitative estimate of drug-likeness (QED) is 0.00961. The zero-order valence-electron chi connectivity index (χ0n) is 87.0. The van der Waals surface area contributed by atoms with Gasteiger partial charge in [0.15, 0.2) is 17.2 Å². The number of cyclic esters (lactones) is 1. The molecule has 0 unspecified atom stereocenters. The van der Waals surface area contributed by atoms with Crippen LogP contribution in [0.5, 0.6) is 5.75 Å². The van der Waals surface area contributed by atoms with E-state index in [1.165, 1.54) is 37.5 Å². The fourth-order valence-corrected chi connectivity index (χ4v) is 13.9. The van der Waals surface area contributed by atoms with Crippen molar-refractivity contribution in [3.05, 3.63) is 56.6 Å². The van der Waals surface area contributed by atoms with E-state index in [0.29, 0.717) is 95.4 Å². The van der Waals surface area contributed by atoms with Crippen molar-refractivity contribution in [1.29, 1.82) is 0 Å². The number of nitrogens with zero attached hydrogens (tertiary/aromatic N) is 3. The number of hydrogen-bond acceptors (Lipinski definition) is 33. The molecule has 0 aliphatic carbocycles. The number of aliphatic hydroxyl groups is 1. The van der Waals surface area contributed by atoms with E-state index in [4.69, 9.17) is 81.8 Å². The third-order valence-electron chi connectivity index (χ3n) is 20.9. The third-order valence-corrected chi connectivity index (χ3v) is 20.9. The molecule has 0 saturated heterocycles. The molecular weight excluding hydrogens is 1890 g/mol. The lowest BCUT2D eigenvalue weighted by Gasteiger charge is -2.31. The fraction of sp³-hybridized carbons (Fsp3) is 0.701. The number of esters is 4. The first kappa shape index (κ1) is 123. The summed E-state index contributed by atoms with van der Waals surface area (Å²) < 4.78 is 99.8. The van der Waals surface area contributed by atoms with Crippen LogP contribution in [-0.2, 0) is 144 Å². The zero-order valence-corrected chi connectivity index (χ0v) is 87.0. The molecule has 3 aromatic rings. The van der Waals surface area contributed by atoms with Gasteiger partial charge in [-0.05, 0) is 200 Å². The summed E-state index contributed by atoms with van der Waals surface area (Å²) in [6, 6.07) is -5.00. The van der Waals surface area contributed by atoms with Gasteiger partial charge in [0.05, 0.1) is 147 Å². The van der Waals surface area contributed by atoms with E-state index >= 15 is 4.39 Å². The van der Waals surface area contributed by atoms with Crippen molar-refractivity contribution in [2.45, 2.75) is 305 Å². The Balaban J connectivity index is 0.864. The number of fused-ring (bicyclic) bond motifs is 5. The zero-order chi connectivity index (χ0) is 107. The van der Waals surface area contributed by atoms with Crippen molar-refractivity contribution < 1.29 is 148 Å². The molecule has 2 aliphatic heterocycles. The van der Waals surface area contributed by atoms with Crippen LogP contribution in [0.3, 0.4) is 0 Å². The number of amides is 11. The van der Waals surface area contributed by atoms with Crippen LogP contribution in [0.15, 0.2) is 28.0 Å². The number of ether oxygens (including phenoxy) is 15. The molecular formula is C97H154FN15O31. The van der Waals surface area contributed by atoms with E-state index in [9.17, 15) is 77.0 Å². The summed E-state index contributed by atoms with van der Waals surface area (Å²) in [6.45, 7) is 36.5. The standard InChI is InChI=1S/C97H154FN15O31/c1-21-62-63-54-74(67(98)56-72(63)108-78-64(62)57-113-73(78)55-66-65(84(113)122)58-139-87(125)97(66,129)22-2)138-39-36-101-79(117)59(3)104-80(118)60(4)105-81(119)61(5)106-82(120)68(99)26-23-24-33-100-75(114)32-37-130-40-42-132-44-46-134-48-50-136-52-53-137-51-49-135-47-45-133-43-41-131-38-35-102-83(121)69(27-25-34-103-88(111-90(127)143-95(15,16)17)112-91(128)144-96(18,19)20)107-76(115)30-28-70(85(123)141-93(9,10)11)109-89(126)110-71(86(124)142-94(12,13)14)29-31-77(116)140-92(6,7)8/h54-56,59-61,68-71,129H,21-53,57-58,99H2,1-20H3,(H,100,114)(H,101,117)(H,102,121)(H,104,118)(H,105,119)(H,106,120)(H,107,115)(H2,109,110,126)(H2,103,111,112,127,128)/t59-,60-,61-,68-,69-,70-,71-,97-/m0/s1. The Morgan fingerprint density at radius 2 is 0.972 bits per heavy atom. The second kappa shape index (κ2) is 60.5. The minimum Gasteiger partial charge on any atom is -0.489 e. The molecule has 0 bridgehead atoms. The maximum absolute atomic E-state index is 15.6. The number of urea groups is 1. The van der Waals surface area contributed by atoms with Gasteiger partial charge in [-0.1, -0.05) is 13.8 Å². The van der Waals surface area contributed by atoms with Gasteiger partial charge in [0.2, 0.25) is 47.3 Å². The number of halogens is 1. The Bertz CT molecular complexity index is 4850. The van der Waals surface area contributed by atoms with Crippen LogP contribution < -0.4 is 74.5 Å². The van der Waals surface area contributed by atoms with Crippen LogP contribution in [0, 0.1) is 5.82 Å².